The third-order valence-electron chi connectivity index (χ3n) is 2.53. The minimum absolute atomic E-state index is 0.00458. The van der Waals surface area contributed by atoms with Crippen molar-refractivity contribution in [1.29, 1.82) is 5.26 Å². The van der Waals surface area contributed by atoms with Crippen LogP contribution in [0.15, 0.2) is 48.8 Å². The van der Waals surface area contributed by atoms with E-state index in [-0.39, 0.29) is 5.69 Å². The molecule has 0 bridgehead atoms. The van der Waals surface area contributed by atoms with Gasteiger partial charge in [0.15, 0.2) is 0 Å². The molecule has 2 aromatic rings. The van der Waals surface area contributed by atoms with Crippen molar-refractivity contribution in [3.8, 4) is 6.07 Å². The maximum Gasteiger partial charge on any atom is 0.269 e. The van der Waals surface area contributed by atoms with Crippen molar-refractivity contribution < 1.29 is 4.92 Å². The van der Waals surface area contributed by atoms with Gasteiger partial charge in [0, 0.05) is 24.5 Å². The molecule has 1 aromatic carbocycles. The van der Waals surface area contributed by atoms with Crippen LogP contribution in [0.4, 0.5) is 5.69 Å². The summed E-state index contributed by atoms with van der Waals surface area (Å²) in [6.45, 7) is 0. The van der Waals surface area contributed by atoms with E-state index >= 15 is 0 Å². The van der Waals surface area contributed by atoms with Crippen LogP contribution in [0.2, 0.25) is 0 Å². The normalized spacial score (nSPS) is 10.8. The molecule has 0 N–H and O–H groups in total. The van der Waals surface area contributed by atoms with E-state index in [2.05, 4.69) is 11.1 Å². The molecule has 92 valence electrons. The van der Waals surface area contributed by atoms with Gasteiger partial charge in [-0.25, -0.2) is 0 Å². The van der Waals surface area contributed by atoms with Crippen LogP contribution in [-0.2, 0) is 0 Å². The molecule has 5 heteroatoms. The molecule has 0 amide bonds. The predicted molar refractivity (Wildman–Crippen MR) is 70.8 cm³/mol. The van der Waals surface area contributed by atoms with Crippen LogP contribution in [0, 0.1) is 21.4 Å². The Kier molecular flexibility index (Phi) is 3.64. The zero-order valence-corrected chi connectivity index (χ0v) is 9.85. The first-order valence-electron chi connectivity index (χ1n) is 5.47. The van der Waals surface area contributed by atoms with Gasteiger partial charge in [0.05, 0.1) is 16.6 Å². The van der Waals surface area contributed by atoms with Crippen molar-refractivity contribution in [3.05, 3.63) is 70.0 Å². The molecule has 0 aliphatic rings. The van der Waals surface area contributed by atoms with Gasteiger partial charge < -0.3 is 0 Å². The maximum absolute atomic E-state index is 10.6. The highest BCUT2D eigenvalue weighted by Gasteiger charge is 2.06. The number of nitriles is 1. The Bertz CT molecular complexity index is 655. The number of aromatic nitrogens is 1. The Morgan fingerprint density at radius 2 is 1.84 bits per heavy atom. The molecular formula is C14H9N3O2. The van der Waals surface area contributed by atoms with Crippen LogP contribution in [0.1, 0.15) is 11.1 Å². The van der Waals surface area contributed by atoms with Gasteiger partial charge in [-0.1, -0.05) is 0 Å². The third-order valence-corrected chi connectivity index (χ3v) is 2.53. The molecular weight excluding hydrogens is 242 g/mol. The van der Waals surface area contributed by atoms with E-state index in [1.807, 2.05) is 0 Å². The summed E-state index contributed by atoms with van der Waals surface area (Å²) in [6, 6.07) is 11.5. The molecule has 1 aromatic heterocycles. The molecule has 0 saturated carbocycles. The van der Waals surface area contributed by atoms with Crippen LogP contribution in [0.25, 0.3) is 11.6 Å². The monoisotopic (exact) mass is 251 g/mol. The fourth-order valence-electron chi connectivity index (χ4n) is 1.57. The first-order chi connectivity index (χ1) is 9.20. The molecule has 0 radical (unpaired) electrons. The van der Waals surface area contributed by atoms with Crippen molar-refractivity contribution in [1.82, 2.24) is 4.98 Å². The second-order valence-electron chi connectivity index (χ2n) is 3.75. The molecule has 0 unspecified atom stereocenters. The van der Waals surface area contributed by atoms with Crippen molar-refractivity contribution >= 4 is 17.3 Å². The highest BCUT2D eigenvalue weighted by Crippen LogP contribution is 2.20. The zero-order chi connectivity index (χ0) is 13.7. The van der Waals surface area contributed by atoms with Crippen LogP contribution in [0.3, 0.4) is 0 Å². The van der Waals surface area contributed by atoms with Gasteiger partial charge in [-0.05, 0) is 41.5 Å². The van der Waals surface area contributed by atoms with E-state index in [0.29, 0.717) is 11.1 Å². The van der Waals surface area contributed by atoms with Crippen molar-refractivity contribution in [2.45, 2.75) is 0 Å². The number of hydrogen-bond donors (Lipinski definition) is 0. The Morgan fingerprint density at radius 3 is 2.37 bits per heavy atom. The van der Waals surface area contributed by atoms with Gasteiger partial charge in [-0.2, -0.15) is 5.26 Å². The summed E-state index contributed by atoms with van der Waals surface area (Å²) in [5, 5.41) is 19.7. The number of nitrogens with zero attached hydrogens (tertiary/aromatic N) is 3. The van der Waals surface area contributed by atoms with E-state index < -0.39 is 4.92 Å². The van der Waals surface area contributed by atoms with Crippen molar-refractivity contribution in [2.75, 3.05) is 0 Å². The average molecular weight is 251 g/mol. The molecule has 0 atom stereocenters. The van der Waals surface area contributed by atoms with Crippen LogP contribution in [-0.4, -0.2) is 9.91 Å². The summed E-state index contributed by atoms with van der Waals surface area (Å²) in [4.78, 5) is 14.0. The second kappa shape index (κ2) is 5.56. The van der Waals surface area contributed by atoms with Crippen LogP contribution >= 0.6 is 0 Å². The van der Waals surface area contributed by atoms with E-state index in [1.54, 1.807) is 42.7 Å². The molecule has 0 aliphatic carbocycles. The lowest BCUT2D eigenvalue weighted by Gasteiger charge is -1.99. The fourth-order valence-corrected chi connectivity index (χ4v) is 1.57. The average Bonchev–Trinajstić information content (AvgIpc) is 2.46. The number of hydrogen-bond acceptors (Lipinski definition) is 4. The number of pyridine rings is 1. The van der Waals surface area contributed by atoms with E-state index in [0.717, 1.165) is 5.56 Å². The lowest BCUT2D eigenvalue weighted by atomic mass is 10.0. The highest BCUT2D eigenvalue weighted by molar-refractivity contribution is 5.89. The number of nitro groups is 1. The van der Waals surface area contributed by atoms with Crippen molar-refractivity contribution in [3.63, 3.8) is 0 Å². The smallest absolute Gasteiger partial charge is 0.265 e. The molecule has 2 rings (SSSR count). The quantitative estimate of drug-likeness (QED) is 0.477. The predicted octanol–water partition coefficient (Wildman–Crippen LogP) is 3.05. The summed E-state index contributed by atoms with van der Waals surface area (Å²) in [5.41, 5.74) is 1.95. The number of rotatable bonds is 3. The largest absolute Gasteiger partial charge is 0.269 e. The number of allylic oxidation sites excluding steroid dienone is 1. The summed E-state index contributed by atoms with van der Waals surface area (Å²) < 4.78 is 0. The second-order valence-corrected chi connectivity index (χ2v) is 3.75. The first kappa shape index (κ1) is 12.5. The van der Waals surface area contributed by atoms with Gasteiger partial charge in [-0.3, -0.25) is 15.1 Å². The number of benzene rings is 1. The summed E-state index contributed by atoms with van der Waals surface area (Å²) in [7, 11) is 0. The standard InChI is InChI=1S/C14H9N3O2/c15-10-13(9-11-5-7-16-8-6-11)12-1-3-14(4-2-12)17(18)19/h1-9H/b13-9+. The molecule has 1 heterocycles. The minimum atomic E-state index is -0.470. The molecule has 0 fully saturated rings. The fraction of sp³-hybridized carbons (Fsp3) is 0. The first-order valence-corrected chi connectivity index (χ1v) is 5.47. The van der Waals surface area contributed by atoms with Gasteiger partial charge in [0.2, 0.25) is 0 Å². The molecule has 19 heavy (non-hydrogen) atoms. The SMILES string of the molecule is N#C/C(=C\c1ccncc1)c1ccc([N+](=O)[O-])cc1. The lowest BCUT2D eigenvalue weighted by molar-refractivity contribution is -0.384. The minimum Gasteiger partial charge on any atom is -0.265 e. The van der Waals surface area contributed by atoms with Gasteiger partial charge in [0.25, 0.3) is 5.69 Å². The molecule has 0 aliphatic heterocycles. The van der Waals surface area contributed by atoms with Gasteiger partial charge in [-0.15, -0.1) is 0 Å². The van der Waals surface area contributed by atoms with Gasteiger partial charge >= 0.3 is 0 Å². The van der Waals surface area contributed by atoms with Crippen LogP contribution in [0.5, 0.6) is 0 Å². The topological polar surface area (TPSA) is 79.8 Å². The Balaban J connectivity index is 2.36. The van der Waals surface area contributed by atoms with E-state index in [9.17, 15) is 10.1 Å². The van der Waals surface area contributed by atoms with Crippen molar-refractivity contribution in [2.24, 2.45) is 0 Å². The molecule has 0 saturated heterocycles. The molecule has 5 nitrogen and oxygen atoms in total. The Labute approximate surface area is 109 Å². The number of nitro benzene ring substituents is 1. The highest BCUT2D eigenvalue weighted by atomic mass is 16.6. The number of non-ortho nitro benzene ring substituents is 1. The zero-order valence-electron chi connectivity index (χ0n) is 9.85. The summed E-state index contributed by atoms with van der Waals surface area (Å²) in [5.74, 6) is 0. The van der Waals surface area contributed by atoms with Gasteiger partial charge in [0.1, 0.15) is 0 Å². The third kappa shape index (κ3) is 3.01. The molecule has 0 spiro atoms. The van der Waals surface area contributed by atoms with E-state index in [1.165, 1.54) is 12.1 Å². The maximum atomic E-state index is 10.6. The van der Waals surface area contributed by atoms with Crippen LogP contribution < -0.4 is 0 Å². The van der Waals surface area contributed by atoms with E-state index in [4.69, 9.17) is 5.26 Å². The Hall–Kier alpha value is -3.00. The lowest BCUT2D eigenvalue weighted by Crippen LogP contribution is -1.88. The summed E-state index contributed by atoms with van der Waals surface area (Å²) >= 11 is 0. The Morgan fingerprint density at radius 1 is 1.21 bits per heavy atom. The summed E-state index contributed by atoms with van der Waals surface area (Å²) in [6.07, 6.45) is 4.98.